The molecule has 0 spiro atoms. The van der Waals surface area contributed by atoms with Crippen molar-refractivity contribution in [3.8, 4) is 5.75 Å². The molecule has 1 fully saturated rings. The first-order chi connectivity index (χ1) is 17.3. The minimum atomic E-state index is -3.76. The monoisotopic (exact) mass is 509 g/mol. The summed E-state index contributed by atoms with van der Waals surface area (Å²) in [5.41, 5.74) is 0.498. The van der Waals surface area contributed by atoms with Crippen LogP contribution in [0.25, 0.3) is 10.8 Å². The average molecular weight is 510 g/mol. The smallest absolute Gasteiger partial charge is 0.251 e. The van der Waals surface area contributed by atoms with E-state index >= 15 is 0 Å². The van der Waals surface area contributed by atoms with Gasteiger partial charge in [-0.15, -0.1) is 0 Å². The topological polar surface area (TPSA) is 87.7 Å². The maximum Gasteiger partial charge on any atom is 0.251 e. The molecule has 1 heterocycles. The third-order valence-corrected chi connectivity index (χ3v) is 8.47. The molecule has 1 aliphatic heterocycles. The summed E-state index contributed by atoms with van der Waals surface area (Å²) >= 11 is 0. The average Bonchev–Trinajstić information content (AvgIpc) is 2.89. The van der Waals surface area contributed by atoms with Crippen molar-refractivity contribution in [2.75, 3.05) is 20.2 Å². The van der Waals surface area contributed by atoms with Gasteiger partial charge in [0.2, 0.25) is 10.0 Å². The number of hydrogen-bond donors (Lipinski definition) is 2. The van der Waals surface area contributed by atoms with Crippen LogP contribution in [0.3, 0.4) is 0 Å². The van der Waals surface area contributed by atoms with Crippen LogP contribution in [0.15, 0.2) is 71.6 Å². The molecular weight excluding hydrogens is 474 g/mol. The molecule has 1 amide bonds. The van der Waals surface area contributed by atoms with Crippen molar-refractivity contribution in [2.24, 2.45) is 0 Å². The lowest BCUT2D eigenvalue weighted by molar-refractivity contribution is 0.0799. The van der Waals surface area contributed by atoms with E-state index in [4.69, 9.17) is 4.74 Å². The fourth-order valence-electron chi connectivity index (χ4n) is 4.89. The number of ether oxygens (including phenoxy) is 1. The third kappa shape index (κ3) is 6.24. The molecule has 192 valence electrons. The lowest BCUT2D eigenvalue weighted by Crippen LogP contribution is -2.54. The molecule has 1 saturated heterocycles. The van der Waals surface area contributed by atoms with Gasteiger partial charge in [-0.25, -0.2) is 13.1 Å². The number of sulfonamides is 1. The molecule has 8 heteroatoms. The number of carbonyl (C=O) groups excluding carboxylic acids is 1. The van der Waals surface area contributed by atoms with E-state index in [0.717, 1.165) is 23.6 Å². The third-order valence-electron chi connectivity index (χ3n) is 7.05. The predicted molar refractivity (Wildman–Crippen MR) is 143 cm³/mol. The van der Waals surface area contributed by atoms with E-state index < -0.39 is 16.1 Å². The zero-order valence-electron chi connectivity index (χ0n) is 21.1. The van der Waals surface area contributed by atoms with Gasteiger partial charge in [-0.2, -0.15) is 0 Å². The van der Waals surface area contributed by atoms with Crippen LogP contribution < -0.4 is 14.8 Å². The number of nitrogens with zero attached hydrogens (tertiary/aromatic N) is 1. The van der Waals surface area contributed by atoms with Crippen LogP contribution in [0.1, 0.15) is 43.5 Å². The summed E-state index contributed by atoms with van der Waals surface area (Å²) in [6, 6.07) is 20.0. The highest BCUT2D eigenvalue weighted by molar-refractivity contribution is 7.89. The highest BCUT2D eigenvalue weighted by Gasteiger charge is 2.29. The van der Waals surface area contributed by atoms with Crippen LogP contribution in [0.5, 0.6) is 5.75 Å². The van der Waals surface area contributed by atoms with Gasteiger partial charge in [-0.3, -0.25) is 9.69 Å². The Bertz CT molecular complexity index is 1280. The standard InChI is InChI=1S/C28H35N3O4S/c1-20-7-6-8-21(2)31(20)19-25(30-28(32)23-11-14-26(35-3)15-12-23)18-29-36(33,34)27-16-13-22-9-4-5-10-24(22)17-27/h4-5,9-17,20-21,25,29H,6-8,18-19H2,1-3H3,(H,30,32)/t20-,21+,25-/m0/s1. The Hall–Kier alpha value is -2.94. The summed E-state index contributed by atoms with van der Waals surface area (Å²) in [5.74, 6) is 0.423. The lowest BCUT2D eigenvalue weighted by Gasteiger charge is -2.41. The Morgan fingerprint density at radius 1 is 1.00 bits per heavy atom. The molecule has 0 radical (unpaired) electrons. The fourth-order valence-corrected chi connectivity index (χ4v) is 6.01. The molecule has 4 rings (SSSR count). The minimum absolute atomic E-state index is 0.0903. The van der Waals surface area contributed by atoms with E-state index in [0.29, 0.717) is 29.9 Å². The van der Waals surface area contributed by atoms with Crippen LogP contribution in [0.4, 0.5) is 0 Å². The van der Waals surface area contributed by atoms with Crippen LogP contribution in [-0.2, 0) is 10.0 Å². The number of nitrogens with one attached hydrogen (secondary N) is 2. The normalized spacial score (nSPS) is 19.6. The summed E-state index contributed by atoms with van der Waals surface area (Å²) < 4.78 is 34.3. The van der Waals surface area contributed by atoms with E-state index in [1.165, 1.54) is 6.42 Å². The van der Waals surface area contributed by atoms with E-state index in [9.17, 15) is 13.2 Å². The SMILES string of the molecule is COc1ccc(C(=O)N[C@@H](CNS(=O)(=O)c2ccc3ccccc3c2)CN2[C@H](C)CCC[C@@H]2C)cc1. The van der Waals surface area contributed by atoms with Gasteiger partial charge in [0.15, 0.2) is 0 Å². The number of rotatable bonds is 9. The Labute approximate surface area is 213 Å². The van der Waals surface area contributed by atoms with Crippen molar-refractivity contribution in [1.29, 1.82) is 0 Å². The van der Waals surface area contributed by atoms with E-state index in [1.807, 2.05) is 30.3 Å². The number of carbonyl (C=O) groups is 1. The maximum atomic E-state index is 13.2. The minimum Gasteiger partial charge on any atom is -0.497 e. The summed E-state index contributed by atoms with van der Waals surface area (Å²) in [4.78, 5) is 15.6. The van der Waals surface area contributed by atoms with Gasteiger partial charge >= 0.3 is 0 Å². The Balaban J connectivity index is 1.51. The summed E-state index contributed by atoms with van der Waals surface area (Å²) in [5, 5.41) is 4.91. The van der Waals surface area contributed by atoms with Crippen LogP contribution >= 0.6 is 0 Å². The molecule has 36 heavy (non-hydrogen) atoms. The van der Waals surface area contributed by atoms with E-state index in [2.05, 4.69) is 28.8 Å². The Morgan fingerprint density at radius 2 is 1.67 bits per heavy atom. The number of amides is 1. The highest BCUT2D eigenvalue weighted by Crippen LogP contribution is 2.23. The number of benzene rings is 3. The van der Waals surface area contributed by atoms with Crippen molar-refractivity contribution in [1.82, 2.24) is 14.9 Å². The first-order valence-electron chi connectivity index (χ1n) is 12.5. The van der Waals surface area contributed by atoms with Gasteiger partial charge in [0.25, 0.3) is 5.91 Å². The molecule has 0 aliphatic carbocycles. The largest absolute Gasteiger partial charge is 0.497 e. The van der Waals surface area contributed by atoms with E-state index in [1.54, 1.807) is 43.5 Å². The summed E-state index contributed by atoms with van der Waals surface area (Å²) in [6.45, 7) is 5.03. The molecule has 3 atom stereocenters. The zero-order chi connectivity index (χ0) is 25.7. The number of piperidine rings is 1. The van der Waals surface area contributed by atoms with Crippen molar-refractivity contribution in [2.45, 2.75) is 56.1 Å². The number of likely N-dealkylation sites (tertiary alicyclic amines) is 1. The first kappa shape index (κ1) is 26.1. The van der Waals surface area contributed by atoms with Gasteiger partial charge in [0.1, 0.15) is 5.75 Å². The molecule has 1 aliphatic rings. The zero-order valence-corrected chi connectivity index (χ0v) is 21.9. The molecule has 0 bridgehead atoms. The van der Waals surface area contributed by atoms with Gasteiger partial charge in [-0.1, -0.05) is 36.8 Å². The highest BCUT2D eigenvalue weighted by atomic mass is 32.2. The van der Waals surface area contributed by atoms with Crippen LogP contribution in [0.2, 0.25) is 0 Å². The molecule has 3 aromatic carbocycles. The predicted octanol–water partition coefficient (Wildman–Crippen LogP) is 4.19. The fraction of sp³-hybridized carbons (Fsp3) is 0.393. The van der Waals surface area contributed by atoms with Gasteiger partial charge in [0.05, 0.1) is 18.0 Å². The number of methoxy groups -OCH3 is 1. The first-order valence-corrected chi connectivity index (χ1v) is 13.9. The Morgan fingerprint density at radius 3 is 2.33 bits per heavy atom. The van der Waals surface area contributed by atoms with Crippen molar-refractivity contribution in [3.05, 3.63) is 72.3 Å². The second kappa shape index (κ2) is 11.4. The number of hydrogen-bond acceptors (Lipinski definition) is 5. The number of fused-ring (bicyclic) bond motifs is 1. The van der Waals surface area contributed by atoms with Gasteiger partial charge < -0.3 is 10.1 Å². The molecule has 7 nitrogen and oxygen atoms in total. The maximum absolute atomic E-state index is 13.2. The van der Waals surface area contributed by atoms with Crippen molar-refractivity contribution >= 4 is 26.7 Å². The summed E-state index contributed by atoms with van der Waals surface area (Å²) in [7, 11) is -2.18. The van der Waals surface area contributed by atoms with Crippen LogP contribution in [0, 0.1) is 0 Å². The van der Waals surface area contributed by atoms with Gasteiger partial charge in [-0.05, 0) is 73.9 Å². The molecule has 0 aromatic heterocycles. The van der Waals surface area contributed by atoms with Crippen molar-refractivity contribution in [3.63, 3.8) is 0 Å². The quantitative estimate of drug-likeness (QED) is 0.452. The second-order valence-corrected chi connectivity index (χ2v) is 11.4. The molecular formula is C28H35N3O4S. The van der Waals surface area contributed by atoms with Gasteiger partial charge in [0, 0.05) is 30.7 Å². The van der Waals surface area contributed by atoms with Crippen molar-refractivity contribution < 1.29 is 17.9 Å². The molecule has 3 aromatic rings. The molecule has 2 N–H and O–H groups in total. The Kier molecular flexibility index (Phi) is 8.28. The van der Waals surface area contributed by atoms with Crippen LogP contribution in [-0.4, -0.2) is 57.5 Å². The van der Waals surface area contributed by atoms with E-state index in [-0.39, 0.29) is 17.3 Å². The second-order valence-electron chi connectivity index (χ2n) is 9.59. The lowest BCUT2D eigenvalue weighted by atomic mass is 9.97. The molecule has 0 unspecified atom stereocenters. The summed E-state index contributed by atoms with van der Waals surface area (Å²) in [6.07, 6.45) is 3.36. The molecule has 0 saturated carbocycles.